The predicted octanol–water partition coefficient (Wildman–Crippen LogP) is 3.00. The molecule has 3 nitrogen and oxygen atoms in total. The van der Waals surface area contributed by atoms with Gasteiger partial charge in [-0.15, -0.1) is 13.2 Å². The molecule has 0 aromatic heterocycles. The van der Waals surface area contributed by atoms with E-state index in [2.05, 4.69) is 22.3 Å². The molecule has 1 aromatic rings. The van der Waals surface area contributed by atoms with E-state index in [1.54, 1.807) is 12.1 Å². The van der Waals surface area contributed by atoms with Gasteiger partial charge in [0.15, 0.2) is 0 Å². The van der Waals surface area contributed by atoms with E-state index < -0.39 is 6.36 Å². The van der Waals surface area contributed by atoms with Crippen LogP contribution in [-0.4, -0.2) is 26.0 Å². The summed E-state index contributed by atoms with van der Waals surface area (Å²) in [5.74, 6) is -0.211. The molecule has 1 rings (SSSR count). The second-order valence-corrected chi connectivity index (χ2v) is 3.75. The maximum atomic E-state index is 11.9. The topological polar surface area (TPSA) is 33.3 Å². The molecular weight excluding hydrogens is 245 g/mol. The van der Waals surface area contributed by atoms with E-state index in [0.717, 1.165) is 31.7 Å². The van der Waals surface area contributed by atoms with Gasteiger partial charge in [0.05, 0.1) is 0 Å². The van der Waals surface area contributed by atoms with Crippen LogP contribution in [0.3, 0.4) is 0 Å². The van der Waals surface area contributed by atoms with Crippen molar-refractivity contribution in [2.75, 3.05) is 25.0 Å². The van der Waals surface area contributed by atoms with Crippen LogP contribution in [0.5, 0.6) is 5.75 Å². The maximum absolute atomic E-state index is 11.9. The van der Waals surface area contributed by atoms with Crippen LogP contribution in [0.1, 0.15) is 13.3 Å². The molecule has 6 heteroatoms. The molecule has 0 aliphatic rings. The summed E-state index contributed by atoms with van der Waals surface area (Å²) in [4.78, 5) is 0. The number of benzene rings is 1. The van der Waals surface area contributed by atoms with Crippen LogP contribution in [0.25, 0.3) is 0 Å². The van der Waals surface area contributed by atoms with Crippen molar-refractivity contribution < 1.29 is 17.9 Å². The minimum atomic E-state index is -4.64. The molecule has 18 heavy (non-hydrogen) atoms. The highest BCUT2D eigenvalue weighted by atomic mass is 19.4. The van der Waals surface area contributed by atoms with E-state index in [1.807, 2.05) is 0 Å². The SMILES string of the molecule is CCCNCCNc1ccc(OC(F)(F)F)cc1. The number of ether oxygens (including phenoxy) is 1. The van der Waals surface area contributed by atoms with Crippen molar-refractivity contribution in [3.63, 3.8) is 0 Å². The first-order valence-electron chi connectivity index (χ1n) is 5.81. The molecule has 1 aromatic carbocycles. The normalized spacial score (nSPS) is 11.3. The highest BCUT2D eigenvalue weighted by molar-refractivity contribution is 5.46. The molecule has 0 saturated heterocycles. The Kier molecular flexibility index (Phi) is 5.77. The van der Waals surface area contributed by atoms with Crippen molar-refractivity contribution in [2.45, 2.75) is 19.7 Å². The molecule has 2 N–H and O–H groups in total. The lowest BCUT2D eigenvalue weighted by Crippen LogP contribution is -2.22. The first-order valence-corrected chi connectivity index (χ1v) is 5.81. The van der Waals surface area contributed by atoms with Crippen molar-refractivity contribution in [1.29, 1.82) is 0 Å². The average molecular weight is 262 g/mol. The molecule has 0 amide bonds. The lowest BCUT2D eigenvalue weighted by molar-refractivity contribution is -0.274. The van der Waals surface area contributed by atoms with Gasteiger partial charge in [0, 0.05) is 18.8 Å². The summed E-state index contributed by atoms with van der Waals surface area (Å²) in [6, 6.07) is 5.69. The summed E-state index contributed by atoms with van der Waals surface area (Å²) in [7, 11) is 0. The second-order valence-electron chi connectivity index (χ2n) is 3.75. The minimum Gasteiger partial charge on any atom is -0.406 e. The fourth-order valence-electron chi connectivity index (χ4n) is 1.37. The smallest absolute Gasteiger partial charge is 0.406 e. The predicted molar refractivity (Wildman–Crippen MR) is 64.8 cm³/mol. The van der Waals surface area contributed by atoms with Gasteiger partial charge in [0.1, 0.15) is 5.75 Å². The zero-order valence-electron chi connectivity index (χ0n) is 10.2. The van der Waals surface area contributed by atoms with E-state index in [-0.39, 0.29) is 5.75 Å². The van der Waals surface area contributed by atoms with Crippen LogP contribution in [-0.2, 0) is 0 Å². The summed E-state index contributed by atoms with van der Waals surface area (Å²) < 4.78 is 39.5. The molecule has 0 heterocycles. The Balaban J connectivity index is 2.32. The minimum absolute atomic E-state index is 0.211. The third-order valence-electron chi connectivity index (χ3n) is 2.15. The molecule has 0 bridgehead atoms. The Hall–Kier alpha value is -1.43. The summed E-state index contributed by atoms with van der Waals surface area (Å²) in [6.07, 6.45) is -3.57. The lowest BCUT2D eigenvalue weighted by atomic mass is 10.3. The third kappa shape index (κ3) is 6.34. The fraction of sp³-hybridized carbons (Fsp3) is 0.500. The van der Waals surface area contributed by atoms with Crippen molar-refractivity contribution in [2.24, 2.45) is 0 Å². The summed E-state index contributed by atoms with van der Waals surface area (Å²) in [6.45, 7) is 4.58. The van der Waals surface area contributed by atoms with E-state index >= 15 is 0 Å². The Morgan fingerprint density at radius 2 is 1.72 bits per heavy atom. The average Bonchev–Trinajstić information content (AvgIpc) is 2.29. The van der Waals surface area contributed by atoms with Crippen LogP contribution < -0.4 is 15.4 Å². The van der Waals surface area contributed by atoms with Crippen LogP contribution in [0.15, 0.2) is 24.3 Å². The number of alkyl halides is 3. The van der Waals surface area contributed by atoms with E-state index in [9.17, 15) is 13.2 Å². The van der Waals surface area contributed by atoms with Gasteiger partial charge < -0.3 is 15.4 Å². The second kappa shape index (κ2) is 7.10. The number of anilines is 1. The first kappa shape index (κ1) is 14.6. The van der Waals surface area contributed by atoms with Gasteiger partial charge in [-0.05, 0) is 37.2 Å². The van der Waals surface area contributed by atoms with E-state index in [0.29, 0.717) is 0 Å². The number of nitrogens with one attached hydrogen (secondary N) is 2. The molecule has 0 fully saturated rings. The van der Waals surface area contributed by atoms with Crippen molar-refractivity contribution in [3.05, 3.63) is 24.3 Å². The van der Waals surface area contributed by atoms with Crippen molar-refractivity contribution in [1.82, 2.24) is 5.32 Å². The number of rotatable bonds is 7. The summed E-state index contributed by atoms with van der Waals surface area (Å²) in [5.41, 5.74) is 0.767. The van der Waals surface area contributed by atoms with Gasteiger partial charge in [0.2, 0.25) is 0 Å². The van der Waals surface area contributed by atoms with Gasteiger partial charge >= 0.3 is 6.36 Å². The van der Waals surface area contributed by atoms with Crippen LogP contribution in [0.4, 0.5) is 18.9 Å². The molecule has 0 saturated carbocycles. The Morgan fingerprint density at radius 1 is 1.06 bits per heavy atom. The monoisotopic (exact) mass is 262 g/mol. The van der Waals surface area contributed by atoms with E-state index in [1.165, 1.54) is 12.1 Å². The zero-order valence-corrected chi connectivity index (χ0v) is 10.2. The fourth-order valence-corrected chi connectivity index (χ4v) is 1.37. The quantitative estimate of drug-likeness (QED) is 0.741. The standard InChI is InChI=1S/C12H17F3N2O/c1-2-7-16-8-9-17-10-3-5-11(6-4-10)18-12(13,14)15/h3-6,16-17H,2,7-9H2,1H3. The molecule has 0 unspecified atom stereocenters. The zero-order chi connectivity index (χ0) is 13.4. The molecule has 0 radical (unpaired) electrons. The van der Waals surface area contributed by atoms with Crippen molar-refractivity contribution in [3.8, 4) is 5.75 Å². The highest BCUT2D eigenvalue weighted by Gasteiger charge is 2.30. The van der Waals surface area contributed by atoms with Gasteiger partial charge in [0.25, 0.3) is 0 Å². The summed E-state index contributed by atoms with van der Waals surface area (Å²) in [5, 5.41) is 6.31. The van der Waals surface area contributed by atoms with Crippen LogP contribution in [0.2, 0.25) is 0 Å². The maximum Gasteiger partial charge on any atom is 0.573 e. The Labute approximate surface area is 104 Å². The van der Waals surface area contributed by atoms with Crippen molar-refractivity contribution >= 4 is 5.69 Å². The molecule has 102 valence electrons. The lowest BCUT2D eigenvalue weighted by Gasteiger charge is -2.10. The van der Waals surface area contributed by atoms with E-state index in [4.69, 9.17) is 0 Å². The molecule has 0 aliphatic carbocycles. The van der Waals surface area contributed by atoms with Gasteiger partial charge in [-0.25, -0.2) is 0 Å². The number of halogens is 3. The number of hydrogen-bond acceptors (Lipinski definition) is 3. The third-order valence-corrected chi connectivity index (χ3v) is 2.15. The van der Waals surface area contributed by atoms with Gasteiger partial charge in [-0.3, -0.25) is 0 Å². The molecule has 0 aliphatic heterocycles. The van der Waals surface area contributed by atoms with Gasteiger partial charge in [-0.2, -0.15) is 0 Å². The number of hydrogen-bond donors (Lipinski definition) is 2. The Bertz CT molecular complexity index is 338. The largest absolute Gasteiger partial charge is 0.573 e. The van der Waals surface area contributed by atoms with Crippen LogP contribution in [0, 0.1) is 0 Å². The molecule has 0 spiro atoms. The Morgan fingerprint density at radius 3 is 2.28 bits per heavy atom. The molecular formula is C12H17F3N2O. The molecule has 0 atom stereocenters. The summed E-state index contributed by atoms with van der Waals surface area (Å²) >= 11 is 0. The first-order chi connectivity index (χ1) is 8.51. The van der Waals surface area contributed by atoms with Gasteiger partial charge in [-0.1, -0.05) is 6.92 Å². The highest BCUT2D eigenvalue weighted by Crippen LogP contribution is 2.23. The van der Waals surface area contributed by atoms with Crippen LogP contribution >= 0.6 is 0 Å².